The highest BCUT2D eigenvalue weighted by Crippen LogP contribution is 2.04. The fraction of sp³-hybridized carbons (Fsp3) is 0.680. The van der Waals surface area contributed by atoms with Crippen molar-refractivity contribution in [3.8, 4) is 0 Å². The number of H-pyrrole nitrogens is 1. The fourth-order valence-corrected chi connectivity index (χ4v) is 3.20. The topological polar surface area (TPSA) is 338 Å². The molecule has 1 aromatic heterocycles. The highest BCUT2D eigenvalue weighted by molar-refractivity contribution is 5.74. The van der Waals surface area contributed by atoms with E-state index in [1.807, 2.05) is 13.8 Å². The van der Waals surface area contributed by atoms with Gasteiger partial charge in [0, 0.05) is 18.3 Å². The van der Waals surface area contributed by atoms with Crippen molar-refractivity contribution in [2.75, 3.05) is 19.7 Å². The second kappa shape index (κ2) is 23.8. The van der Waals surface area contributed by atoms with E-state index in [4.69, 9.17) is 47.8 Å². The molecule has 248 valence electrons. The van der Waals surface area contributed by atoms with Crippen LogP contribution in [0.25, 0.3) is 0 Å². The monoisotopic (exact) mass is 621 g/mol. The maximum absolute atomic E-state index is 10.3. The summed E-state index contributed by atoms with van der Waals surface area (Å²) in [6.45, 7) is 5.11. The van der Waals surface area contributed by atoms with Gasteiger partial charge in [-0.2, -0.15) is 0 Å². The van der Waals surface area contributed by atoms with Crippen molar-refractivity contribution in [1.29, 1.82) is 0 Å². The molecule has 18 nitrogen and oxygen atoms in total. The normalized spacial score (nSPS) is 18.9. The number of carboxylic acids is 5. The summed E-state index contributed by atoms with van der Waals surface area (Å²) in [4.78, 5) is 56.8. The summed E-state index contributed by atoms with van der Waals surface area (Å²) in [6.07, 6.45) is 7.45. The molecule has 0 saturated carbocycles. The fourth-order valence-electron chi connectivity index (χ4n) is 3.20. The average molecular weight is 622 g/mol. The minimum absolute atomic E-state index is 0.269. The van der Waals surface area contributed by atoms with Crippen LogP contribution in [0.4, 0.5) is 0 Å². The standard InChI is InChI=1S/C6H9N3O2.C6H13NO2.2C5H9NO2.C3H7NO3/c7-5(6(10)11)1-4-2-8-3-9-4;1-4(2)3-5(7)6(8)9;2*7-5(8)4-2-1-3-6-4;4-2(1-5)3(6)7/h2-3,5H,1,7H2,(H,8,9)(H,10,11);4-5H,3,7H2,1-2H3,(H,8,9);2*4,6H,1-3H2,(H,7,8);2,5H,1,4H2,(H,6,7)/t;;2*4-;/m..00./s1. The number of aromatic amines is 1. The number of nitrogens with one attached hydrogen (secondary N) is 3. The molecule has 3 heterocycles. The van der Waals surface area contributed by atoms with Gasteiger partial charge in [-0.15, -0.1) is 0 Å². The number of carbonyl (C=O) groups is 5. The summed E-state index contributed by atoms with van der Waals surface area (Å²) in [5.74, 6) is -4.17. The number of nitrogens with two attached hydrogens (primary N) is 3. The quantitative estimate of drug-likeness (QED) is 0.132. The van der Waals surface area contributed by atoms with E-state index in [2.05, 4.69) is 20.6 Å². The summed E-state index contributed by atoms with van der Waals surface area (Å²) in [6, 6.07) is -3.20. The van der Waals surface area contributed by atoms with Crippen LogP contribution < -0.4 is 27.8 Å². The van der Waals surface area contributed by atoms with E-state index in [-0.39, 0.29) is 18.5 Å². The minimum atomic E-state index is -1.18. The highest BCUT2D eigenvalue weighted by atomic mass is 16.4. The third-order valence-corrected chi connectivity index (χ3v) is 5.59. The van der Waals surface area contributed by atoms with Crippen LogP contribution in [0.2, 0.25) is 0 Å². The predicted molar refractivity (Wildman–Crippen MR) is 153 cm³/mol. The molecule has 5 atom stereocenters. The summed E-state index contributed by atoms with van der Waals surface area (Å²) < 4.78 is 0. The minimum Gasteiger partial charge on any atom is -0.480 e. The van der Waals surface area contributed by atoms with Gasteiger partial charge in [-0.1, -0.05) is 13.8 Å². The zero-order valence-corrected chi connectivity index (χ0v) is 24.4. The van der Waals surface area contributed by atoms with E-state index >= 15 is 0 Å². The summed E-state index contributed by atoms with van der Waals surface area (Å²) in [7, 11) is 0. The molecule has 18 heteroatoms. The van der Waals surface area contributed by atoms with Crippen molar-refractivity contribution in [2.24, 2.45) is 23.1 Å². The lowest BCUT2D eigenvalue weighted by atomic mass is 10.1. The van der Waals surface area contributed by atoms with Crippen LogP contribution in [0, 0.1) is 5.92 Å². The molecule has 0 amide bonds. The zero-order chi connectivity index (χ0) is 33.5. The molecule has 2 saturated heterocycles. The first-order valence-electron chi connectivity index (χ1n) is 13.5. The maximum atomic E-state index is 10.3. The van der Waals surface area contributed by atoms with Gasteiger partial charge < -0.3 is 63.5 Å². The van der Waals surface area contributed by atoms with Crippen molar-refractivity contribution >= 4 is 29.8 Å². The second-order valence-electron chi connectivity index (χ2n) is 9.90. The molecule has 3 unspecified atom stereocenters. The Balaban J connectivity index is 0. The predicted octanol–water partition coefficient (Wildman–Crippen LogP) is -2.15. The van der Waals surface area contributed by atoms with Gasteiger partial charge in [-0.25, -0.2) is 4.98 Å². The number of aliphatic hydroxyl groups is 1. The van der Waals surface area contributed by atoms with Crippen molar-refractivity contribution in [3.05, 3.63) is 18.2 Å². The first-order chi connectivity index (χ1) is 20.0. The van der Waals surface area contributed by atoms with Crippen molar-refractivity contribution in [1.82, 2.24) is 20.6 Å². The Morgan fingerprint density at radius 3 is 1.44 bits per heavy atom. The Kier molecular flexibility index (Phi) is 23.0. The molecule has 0 aliphatic carbocycles. The molecule has 0 spiro atoms. The van der Waals surface area contributed by atoms with E-state index < -0.39 is 54.6 Å². The lowest BCUT2D eigenvalue weighted by Gasteiger charge is -2.07. The summed E-state index contributed by atoms with van der Waals surface area (Å²) in [5, 5.41) is 55.0. The molecule has 15 N–H and O–H groups in total. The second-order valence-corrected chi connectivity index (χ2v) is 9.90. The van der Waals surface area contributed by atoms with Crippen LogP contribution in [0.15, 0.2) is 12.5 Å². The lowest BCUT2D eigenvalue weighted by Crippen LogP contribution is -2.33. The average Bonchev–Trinajstić information content (AvgIpc) is 3.73. The van der Waals surface area contributed by atoms with Crippen LogP contribution in [-0.4, -0.2) is 120 Å². The number of carboxylic acid groups (broad SMARTS) is 5. The Labute approximate surface area is 249 Å². The molecule has 43 heavy (non-hydrogen) atoms. The number of aliphatic hydroxyl groups excluding tert-OH is 1. The van der Waals surface area contributed by atoms with Crippen LogP contribution in [0.3, 0.4) is 0 Å². The van der Waals surface area contributed by atoms with Crippen LogP contribution >= 0.6 is 0 Å². The van der Waals surface area contributed by atoms with Gasteiger partial charge in [0.1, 0.15) is 30.2 Å². The molecule has 2 aliphatic heterocycles. The molecule has 0 radical (unpaired) electrons. The highest BCUT2D eigenvalue weighted by Gasteiger charge is 2.21. The van der Waals surface area contributed by atoms with Crippen molar-refractivity contribution in [3.63, 3.8) is 0 Å². The SMILES string of the molecule is CC(C)CC(N)C(=O)O.NC(CO)C(=O)O.NC(Cc1cnc[nH]1)C(=O)O.O=C(O)[C@@H]1CCCN1.O=C(O)[C@@H]1CCCN1. The Morgan fingerprint density at radius 2 is 1.26 bits per heavy atom. The first-order valence-corrected chi connectivity index (χ1v) is 13.5. The van der Waals surface area contributed by atoms with E-state index in [9.17, 15) is 24.0 Å². The Morgan fingerprint density at radius 1 is 0.814 bits per heavy atom. The van der Waals surface area contributed by atoms with Gasteiger partial charge in [-0.05, 0) is 51.1 Å². The molecule has 0 bridgehead atoms. The molecule has 2 aliphatic rings. The lowest BCUT2D eigenvalue weighted by molar-refractivity contribution is -0.140. The summed E-state index contributed by atoms with van der Waals surface area (Å²) in [5.41, 5.74) is 16.0. The van der Waals surface area contributed by atoms with Gasteiger partial charge in [0.2, 0.25) is 0 Å². The number of rotatable bonds is 10. The third kappa shape index (κ3) is 22.6. The van der Waals surface area contributed by atoms with Crippen LogP contribution in [0.5, 0.6) is 0 Å². The zero-order valence-electron chi connectivity index (χ0n) is 24.4. The molecule has 0 aromatic carbocycles. The molecular formula is C25H47N7O11. The first kappa shape index (κ1) is 41.5. The van der Waals surface area contributed by atoms with Gasteiger partial charge in [-0.3, -0.25) is 24.0 Å². The van der Waals surface area contributed by atoms with Crippen LogP contribution in [0.1, 0.15) is 51.6 Å². The molecule has 1 aromatic rings. The van der Waals surface area contributed by atoms with E-state index in [1.165, 1.54) is 6.33 Å². The number of hydrogen-bond acceptors (Lipinski definition) is 12. The maximum Gasteiger partial charge on any atom is 0.322 e. The summed E-state index contributed by atoms with van der Waals surface area (Å²) >= 11 is 0. The van der Waals surface area contributed by atoms with Crippen molar-refractivity contribution in [2.45, 2.75) is 82.6 Å². The number of aromatic nitrogens is 2. The third-order valence-electron chi connectivity index (χ3n) is 5.59. The Bertz CT molecular complexity index is 910. The Hall–Kier alpha value is -3.68. The van der Waals surface area contributed by atoms with Gasteiger partial charge in [0.25, 0.3) is 0 Å². The number of hydrogen-bond donors (Lipinski definition) is 12. The number of nitrogens with zero attached hydrogens (tertiary/aromatic N) is 1. The van der Waals surface area contributed by atoms with Crippen molar-refractivity contribution < 1.29 is 54.6 Å². The van der Waals surface area contributed by atoms with E-state index in [1.54, 1.807) is 6.20 Å². The number of aliphatic carboxylic acids is 5. The van der Waals surface area contributed by atoms with Gasteiger partial charge in [0.15, 0.2) is 0 Å². The molecular weight excluding hydrogens is 574 g/mol. The van der Waals surface area contributed by atoms with Gasteiger partial charge in [0.05, 0.1) is 12.9 Å². The number of imidazole rings is 1. The molecule has 2 fully saturated rings. The van der Waals surface area contributed by atoms with Crippen LogP contribution in [-0.2, 0) is 30.4 Å². The largest absolute Gasteiger partial charge is 0.480 e. The molecule has 3 rings (SSSR count). The van der Waals surface area contributed by atoms with E-state index in [0.29, 0.717) is 12.3 Å². The smallest absolute Gasteiger partial charge is 0.322 e. The van der Waals surface area contributed by atoms with Gasteiger partial charge >= 0.3 is 29.8 Å². The van der Waals surface area contributed by atoms with E-state index in [0.717, 1.165) is 44.5 Å².